The van der Waals surface area contributed by atoms with Crippen molar-refractivity contribution >= 4 is 34.9 Å². The van der Waals surface area contributed by atoms with Crippen molar-refractivity contribution in [2.45, 2.75) is 58.3 Å². The van der Waals surface area contributed by atoms with Crippen LogP contribution in [0.3, 0.4) is 0 Å². The Hall–Kier alpha value is -2.88. The van der Waals surface area contributed by atoms with Crippen LogP contribution in [0.25, 0.3) is 0 Å². The number of rotatable bonds is 5. The highest BCUT2D eigenvalue weighted by atomic mass is 35.5. The molecule has 1 aliphatic heterocycles. The molecule has 0 saturated heterocycles. The number of nitrogens with one attached hydrogen (secondary N) is 2. The highest BCUT2D eigenvalue weighted by molar-refractivity contribution is 6.43. The van der Waals surface area contributed by atoms with E-state index in [1.165, 1.54) is 19.1 Å². The summed E-state index contributed by atoms with van der Waals surface area (Å²) in [6, 6.07) is 1.40. The van der Waals surface area contributed by atoms with Gasteiger partial charge in [0.2, 0.25) is 0 Å². The van der Waals surface area contributed by atoms with Crippen molar-refractivity contribution in [3.63, 3.8) is 0 Å². The molecule has 2 heterocycles. The zero-order valence-corrected chi connectivity index (χ0v) is 19.0. The van der Waals surface area contributed by atoms with E-state index < -0.39 is 41.2 Å². The summed E-state index contributed by atoms with van der Waals surface area (Å²) >= 11 is 5.77. The van der Waals surface area contributed by atoms with Crippen molar-refractivity contribution in [3.8, 4) is 0 Å². The zero-order chi connectivity index (χ0) is 24.9. The normalized spacial score (nSPS) is 15.7. The van der Waals surface area contributed by atoms with Crippen LogP contribution in [0.15, 0.2) is 18.2 Å². The van der Waals surface area contributed by atoms with E-state index in [-0.39, 0.29) is 27.5 Å². The molecule has 3 rings (SSSR count). The van der Waals surface area contributed by atoms with Gasteiger partial charge in [-0.2, -0.15) is 13.2 Å². The highest BCUT2D eigenvalue weighted by Gasteiger charge is 2.42. The molecule has 2 aromatic rings. The molecule has 0 saturated carbocycles. The number of aromatic nitrogens is 1. The number of nitrogens with zero attached hydrogens (tertiary/aromatic N) is 1. The van der Waals surface area contributed by atoms with E-state index in [0.717, 1.165) is 13.0 Å². The first-order chi connectivity index (χ1) is 15.1. The fourth-order valence-corrected chi connectivity index (χ4v) is 4.17. The van der Waals surface area contributed by atoms with Gasteiger partial charge in [-0.15, -0.1) is 0 Å². The van der Waals surface area contributed by atoms with E-state index in [1.807, 2.05) is 13.8 Å². The highest BCUT2D eigenvalue weighted by Crippen LogP contribution is 2.39. The molecule has 0 unspecified atom stereocenters. The second-order valence-corrected chi connectivity index (χ2v) is 9.00. The number of benzene rings is 1. The Morgan fingerprint density at radius 1 is 1.21 bits per heavy atom. The number of carbonyl (C=O) groups is 3. The van der Waals surface area contributed by atoms with Gasteiger partial charge in [0.25, 0.3) is 17.6 Å². The summed E-state index contributed by atoms with van der Waals surface area (Å²) in [6.45, 7) is 5.88. The van der Waals surface area contributed by atoms with Crippen molar-refractivity contribution in [3.05, 3.63) is 51.6 Å². The third-order valence-corrected chi connectivity index (χ3v) is 6.05. The summed E-state index contributed by atoms with van der Waals surface area (Å²) in [4.78, 5) is 38.4. The molecular formula is C22H22ClF4N3O3. The number of halogens is 5. The lowest BCUT2D eigenvalue weighted by molar-refractivity contribution is -0.156. The molecule has 1 aromatic heterocycles. The first kappa shape index (κ1) is 24.8. The molecule has 1 aliphatic rings. The van der Waals surface area contributed by atoms with Crippen LogP contribution in [0, 0.1) is 12.7 Å². The van der Waals surface area contributed by atoms with Crippen LogP contribution in [0.5, 0.6) is 0 Å². The van der Waals surface area contributed by atoms with Crippen molar-refractivity contribution in [2.24, 2.45) is 0 Å². The monoisotopic (exact) mass is 487 g/mol. The van der Waals surface area contributed by atoms with Crippen LogP contribution in [0.1, 0.15) is 59.3 Å². The molecular weight excluding hydrogens is 466 g/mol. The standard InChI is InChI=1S/C22H22ClF4N3O3/c1-10-16(18(31)20(33)28-11(2)22(25,26)27)15-7-8-21(3,4)30(15)17(10)19(32)29-12-5-6-14(24)13(23)9-12/h5-6,9,11H,7-8H2,1-4H3,(H,28,33)(H,29,32)/t11-/m1/s1. The average molecular weight is 488 g/mol. The molecule has 0 spiro atoms. The average Bonchev–Trinajstić information content (AvgIpc) is 3.16. The molecule has 0 bridgehead atoms. The van der Waals surface area contributed by atoms with Crippen LogP contribution >= 0.6 is 11.6 Å². The minimum atomic E-state index is -4.71. The molecule has 2 N–H and O–H groups in total. The lowest BCUT2D eigenvalue weighted by atomic mass is 9.97. The van der Waals surface area contributed by atoms with Crippen LogP contribution in [-0.4, -0.2) is 34.4 Å². The third-order valence-electron chi connectivity index (χ3n) is 5.76. The SMILES string of the molecule is Cc1c(C(=O)C(=O)N[C@H](C)C(F)(F)F)c2n(c1C(=O)Nc1ccc(F)c(Cl)c1)C(C)(C)CC2. The van der Waals surface area contributed by atoms with E-state index in [2.05, 4.69) is 5.32 Å². The molecule has 178 valence electrons. The Kier molecular flexibility index (Phi) is 6.36. The van der Waals surface area contributed by atoms with Gasteiger partial charge in [0.05, 0.1) is 10.6 Å². The largest absolute Gasteiger partial charge is 0.408 e. The maximum atomic E-state index is 13.4. The molecule has 33 heavy (non-hydrogen) atoms. The maximum absolute atomic E-state index is 13.4. The van der Waals surface area contributed by atoms with Crippen molar-refractivity contribution in [1.29, 1.82) is 0 Å². The Morgan fingerprint density at radius 3 is 2.42 bits per heavy atom. The second-order valence-electron chi connectivity index (χ2n) is 8.59. The molecule has 0 fully saturated rings. The van der Waals surface area contributed by atoms with Gasteiger partial charge in [-0.1, -0.05) is 11.6 Å². The quantitative estimate of drug-likeness (QED) is 0.362. The van der Waals surface area contributed by atoms with Crippen molar-refractivity contribution in [1.82, 2.24) is 9.88 Å². The van der Waals surface area contributed by atoms with Gasteiger partial charge in [-0.3, -0.25) is 14.4 Å². The fraction of sp³-hybridized carbons (Fsp3) is 0.409. The third kappa shape index (κ3) is 4.62. The maximum Gasteiger partial charge on any atom is 0.408 e. The minimum absolute atomic E-state index is 0.0882. The van der Waals surface area contributed by atoms with Crippen molar-refractivity contribution in [2.75, 3.05) is 5.32 Å². The molecule has 1 atom stereocenters. The number of hydrogen-bond donors (Lipinski definition) is 2. The number of carbonyl (C=O) groups excluding carboxylic acids is 3. The van der Waals surface area contributed by atoms with Crippen molar-refractivity contribution < 1.29 is 31.9 Å². The smallest absolute Gasteiger partial charge is 0.338 e. The molecule has 0 radical (unpaired) electrons. The predicted octanol–water partition coefficient (Wildman–Crippen LogP) is 4.77. The van der Waals surface area contributed by atoms with Gasteiger partial charge in [-0.05, 0) is 64.3 Å². The summed E-state index contributed by atoms with van der Waals surface area (Å²) in [5.41, 5.74) is 0.189. The van der Waals surface area contributed by atoms with Crippen LogP contribution < -0.4 is 10.6 Å². The van der Waals surface area contributed by atoms with Gasteiger partial charge in [0.15, 0.2) is 0 Å². The molecule has 2 amide bonds. The number of alkyl halides is 3. The second kappa shape index (κ2) is 8.48. The van der Waals surface area contributed by atoms with Gasteiger partial charge in [0.1, 0.15) is 17.6 Å². The van der Waals surface area contributed by atoms with E-state index in [0.29, 0.717) is 18.5 Å². The topological polar surface area (TPSA) is 80.2 Å². The zero-order valence-electron chi connectivity index (χ0n) is 18.3. The Balaban J connectivity index is 2.02. The lowest BCUT2D eigenvalue weighted by Gasteiger charge is -2.24. The van der Waals surface area contributed by atoms with E-state index in [9.17, 15) is 31.9 Å². The number of hydrogen-bond acceptors (Lipinski definition) is 3. The Labute approximate surface area is 192 Å². The molecule has 1 aromatic carbocycles. The van der Waals surface area contributed by atoms with E-state index in [1.54, 1.807) is 9.88 Å². The molecule has 11 heteroatoms. The van der Waals surface area contributed by atoms with Crippen LogP contribution in [0.2, 0.25) is 5.02 Å². The fourth-order valence-electron chi connectivity index (χ4n) is 3.99. The van der Waals surface area contributed by atoms with Crippen LogP contribution in [0.4, 0.5) is 23.2 Å². The summed E-state index contributed by atoms with van der Waals surface area (Å²) in [6.07, 6.45) is -3.81. The number of Topliss-reactive ketones (excluding diaryl/α,β-unsaturated/α-hetero) is 1. The molecule has 6 nitrogen and oxygen atoms in total. The first-order valence-electron chi connectivity index (χ1n) is 10.1. The van der Waals surface area contributed by atoms with Gasteiger partial charge in [0, 0.05) is 16.9 Å². The summed E-state index contributed by atoms with van der Waals surface area (Å²) in [5.74, 6) is -3.84. The summed E-state index contributed by atoms with van der Waals surface area (Å²) in [7, 11) is 0. The number of ketones is 1. The number of fused-ring (bicyclic) bond motifs is 1. The number of anilines is 1. The lowest BCUT2D eigenvalue weighted by Crippen LogP contribution is -2.46. The first-order valence-corrected chi connectivity index (χ1v) is 10.5. The van der Waals surface area contributed by atoms with Gasteiger partial charge in [-0.25, -0.2) is 4.39 Å². The van der Waals surface area contributed by atoms with E-state index >= 15 is 0 Å². The summed E-state index contributed by atoms with van der Waals surface area (Å²) < 4.78 is 53.6. The molecule has 0 aliphatic carbocycles. The summed E-state index contributed by atoms with van der Waals surface area (Å²) in [5, 5.41) is 4.07. The number of amides is 2. The van der Waals surface area contributed by atoms with Gasteiger partial charge < -0.3 is 15.2 Å². The van der Waals surface area contributed by atoms with E-state index in [4.69, 9.17) is 11.6 Å². The Morgan fingerprint density at radius 2 is 1.85 bits per heavy atom. The van der Waals surface area contributed by atoms with Crippen LogP contribution in [-0.2, 0) is 16.8 Å². The predicted molar refractivity (Wildman–Crippen MR) is 114 cm³/mol. The van der Waals surface area contributed by atoms with Gasteiger partial charge >= 0.3 is 6.18 Å². The minimum Gasteiger partial charge on any atom is -0.338 e. The Bertz CT molecular complexity index is 1150.